The molecule has 142 valence electrons. The molecule has 1 aromatic heterocycles. The second kappa shape index (κ2) is 9.48. The van der Waals surface area contributed by atoms with E-state index < -0.39 is 0 Å². The second-order valence-corrected chi connectivity index (χ2v) is 9.23. The molecular weight excluding hydrogens is 445 g/mol. The Kier molecular flexibility index (Phi) is 7.91. The first-order valence-corrected chi connectivity index (χ1v) is 10.3. The molecule has 0 radical (unpaired) electrons. The lowest BCUT2D eigenvalue weighted by atomic mass is 10.2. The molecule has 2 fully saturated rings. The Morgan fingerprint density at radius 3 is 2.84 bits per heavy atom. The molecule has 1 saturated heterocycles. The molecule has 0 unspecified atom stereocenters. The molecule has 0 aromatic carbocycles. The molecule has 7 heteroatoms. The predicted octanol–water partition coefficient (Wildman–Crippen LogP) is 3.91. The van der Waals surface area contributed by atoms with Crippen LogP contribution in [-0.2, 0) is 6.54 Å². The van der Waals surface area contributed by atoms with Crippen LogP contribution in [-0.4, -0.2) is 50.8 Å². The third kappa shape index (κ3) is 5.77. The third-order valence-corrected chi connectivity index (χ3v) is 6.11. The van der Waals surface area contributed by atoms with E-state index in [2.05, 4.69) is 59.7 Å². The molecule has 1 N–H and O–H groups in total. The van der Waals surface area contributed by atoms with Crippen molar-refractivity contribution in [2.24, 2.45) is 4.99 Å². The van der Waals surface area contributed by atoms with Crippen molar-refractivity contribution in [2.75, 3.05) is 25.4 Å². The van der Waals surface area contributed by atoms with E-state index in [0.717, 1.165) is 37.0 Å². The van der Waals surface area contributed by atoms with Crippen LogP contribution < -0.4 is 5.32 Å². The fourth-order valence-corrected chi connectivity index (χ4v) is 4.72. The zero-order chi connectivity index (χ0) is 17.0. The van der Waals surface area contributed by atoms with Gasteiger partial charge in [0.15, 0.2) is 5.96 Å². The molecule has 0 spiro atoms. The third-order valence-electron chi connectivity index (χ3n) is 4.81. The van der Waals surface area contributed by atoms with Crippen LogP contribution in [0.1, 0.15) is 58.2 Å². The molecule has 1 aliphatic heterocycles. The zero-order valence-electron chi connectivity index (χ0n) is 15.7. The number of nitrogens with zero attached hydrogens (tertiary/aromatic N) is 4. The van der Waals surface area contributed by atoms with Crippen LogP contribution >= 0.6 is 35.7 Å². The van der Waals surface area contributed by atoms with E-state index in [4.69, 9.17) is 10.1 Å². The number of halogens is 1. The van der Waals surface area contributed by atoms with Crippen molar-refractivity contribution in [3.8, 4) is 0 Å². The summed E-state index contributed by atoms with van der Waals surface area (Å²) in [7, 11) is 0. The van der Waals surface area contributed by atoms with Crippen molar-refractivity contribution < 1.29 is 0 Å². The van der Waals surface area contributed by atoms with Crippen LogP contribution in [0.5, 0.6) is 0 Å². The topological polar surface area (TPSA) is 45.5 Å². The first-order valence-electron chi connectivity index (χ1n) is 9.28. The van der Waals surface area contributed by atoms with Gasteiger partial charge in [0.1, 0.15) is 0 Å². The average molecular weight is 477 g/mol. The SMILES string of the molecule is CCNC(=NCc1ccn(C2CCCC2)n1)N1CCSC(C)(C)C1.I. The Morgan fingerprint density at radius 2 is 2.16 bits per heavy atom. The van der Waals surface area contributed by atoms with Crippen molar-refractivity contribution in [2.45, 2.75) is 63.8 Å². The monoisotopic (exact) mass is 477 g/mol. The highest BCUT2D eigenvalue weighted by Crippen LogP contribution is 2.30. The molecule has 0 bridgehead atoms. The maximum Gasteiger partial charge on any atom is 0.194 e. The standard InChI is InChI=1S/C18H31N5S.HI/c1-4-19-17(22-11-12-24-18(2,3)14-22)20-13-15-9-10-23(21-15)16-7-5-6-8-16;/h9-10,16H,4-8,11-14H2,1-3H3,(H,19,20);1H. The zero-order valence-corrected chi connectivity index (χ0v) is 18.8. The average Bonchev–Trinajstić information content (AvgIpc) is 3.21. The number of thioether (sulfide) groups is 1. The van der Waals surface area contributed by atoms with Gasteiger partial charge in [0.05, 0.1) is 18.3 Å². The fraction of sp³-hybridized carbons (Fsp3) is 0.778. The van der Waals surface area contributed by atoms with E-state index in [-0.39, 0.29) is 24.0 Å². The van der Waals surface area contributed by atoms with Gasteiger partial charge in [-0.15, -0.1) is 24.0 Å². The minimum absolute atomic E-state index is 0. The summed E-state index contributed by atoms with van der Waals surface area (Å²) in [5, 5.41) is 8.21. The van der Waals surface area contributed by atoms with E-state index in [1.54, 1.807) is 0 Å². The summed E-state index contributed by atoms with van der Waals surface area (Å²) in [5.41, 5.74) is 1.07. The first kappa shape index (κ1) is 20.9. The highest BCUT2D eigenvalue weighted by molar-refractivity contribution is 14.0. The second-order valence-electron chi connectivity index (χ2n) is 7.43. The molecule has 1 aliphatic carbocycles. The number of hydrogen-bond acceptors (Lipinski definition) is 3. The quantitative estimate of drug-likeness (QED) is 0.406. The van der Waals surface area contributed by atoms with Gasteiger partial charge in [0, 0.05) is 36.3 Å². The van der Waals surface area contributed by atoms with Crippen LogP contribution in [0.25, 0.3) is 0 Å². The minimum Gasteiger partial charge on any atom is -0.357 e. The summed E-state index contributed by atoms with van der Waals surface area (Å²) in [6, 6.07) is 2.73. The van der Waals surface area contributed by atoms with Crippen molar-refractivity contribution in [1.29, 1.82) is 0 Å². The summed E-state index contributed by atoms with van der Waals surface area (Å²) in [4.78, 5) is 7.26. The van der Waals surface area contributed by atoms with Gasteiger partial charge >= 0.3 is 0 Å². The van der Waals surface area contributed by atoms with Crippen LogP contribution in [0.4, 0.5) is 0 Å². The van der Waals surface area contributed by atoms with Crippen molar-refractivity contribution in [1.82, 2.24) is 20.0 Å². The Hall–Kier alpha value is -0.440. The summed E-state index contributed by atoms with van der Waals surface area (Å²) in [6.45, 7) is 10.4. The van der Waals surface area contributed by atoms with E-state index in [9.17, 15) is 0 Å². The van der Waals surface area contributed by atoms with Crippen LogP contribution in [0.2, 0.25) is 0 Å². The van der Waals surface area contributed by atoms with E-state index in [1.807, 2.05) is 0 Å². The Bertz CT molecular complexity index is 566. The highest BCUT2D eigenvalue weighted by Gasteiger charge is 2.28. The van der Waals surface area contributed by atoms with Gasteiger partial charge < -0.3 is 10.2 Å². The van der Waals surface area contributed by atoms with Crippen molar-refractivity contribution in [3.05, 3.63) is 18.0 Å². The molecule has 0 amide bonds. The molecule has 1 aromatic rings. The maximum atomic E-state index is 4.86. The number of aliphatic imine (C=N–C) groups is 1. The molecule has 25 heavy (non-hydrogen) atoms. The lowest BCUT2D eigenvalue weighted by Crippen LogP contribution is -2.50. The molecule has 3 rings (SSSR count). The van der Waals surface area contributed by atoms with E-state index >= 15 is 0 Å². The molecule has 0 atom stereocenters. The largest absolute Gasteiger partial charge is 0.357 e. The summed E-state index contributed by atoms with van der Waals surface area (Å²) < 4.78 is 2.45. The molecule has 2 aliphatic rings. The van der Waals surface area contributed by atoms with E-state index in [0.29, 0.717) is 17.3 Å². The van der Waals surface area contributed by atoms with Crippen molar-refractivity contribution in [3.63, 3.8) is 0 Å². The van der Waals surface area contributed by atoms with Crippen LogP contribution in [0.15, 0.2) is 17.3 Å². The maximum absolute atomic E-state index is 4.86. The Balaban J connectivity index is 0.00000225. The van der Waals surface area contributed by atoms with Gasteiger partial charge in [-0.1, -0.05) is 12.8 Å². The number of rotatable bonds is 4. The smallest absolute Gasteiger partial charge is 0.194 e. The number of hydrogen-bond donors (Lipinski definition) is 1. The molecule has 2 heterocycles. The van der Waals surface area contributed by atoms with Gasteiger partial charge in [0.25, 0.3) is 0 Å². The lowest BCUT2D eigenvalue weighted by Gasteiger charge is -2.39. The molecular formula is C18H32IN5S. The first-order chi connectivity index (χ1) is 11.6. The van der Waals surface area contributed by atoms with E-state index in [1.165, 1.54) is 25.7 Å². The summed E-state index contributed by atoms with van der Waals surface area (Å²) in [6.07, 6.45) is 7.35. The lowest BCUT2D eigenvalue weighted by molar-refractivity contribution is 0.375. The normalized spacial score (nSPS) is 21.2. The minimum atomic E-state index is 0. The predicted molar refractivity (Wildman–Crippen MR) is 118 cm³/mol. The van der Waals surface area contributed by atoms with Gasteiger partial charge in [0.2, 0.25) is 0 Å². The molecule has 5 nitrogen and oxygen atoms in total. The number of aromatic nitrogens is 2. The van der Waals surface area contributed by atoms with Gasteiger partial charge in [-0.25, -0.2) is 4.99 Å². The van der Waals surface area contributed by atoms with Gasteiger partial charge in [-0.05, 0) is 39.7 Å². The van der Waals surface area contributed by atoms with Gasteiger partial charge in [-0.3, -0.25) is 4.68 Å². The van der Waals surface area contributed by atoms with Crippen molar-refractivity contribution >= 4 is 41.7 Å². The fourth-order valence-electron chi connectivity index (χ4n) is 3.61. The Morgan fingerprint density at radius 1 is 1.40 bits per heavy atom. The Labute approximate surface area is 173 Å². The van der Waals surface area contributed by atoms with Crippen LogP contribution in [0, 0.1) is 0 Å². The van der Waals surface area contributed by atoms with Crippen LogP contribution in [0.3, 0.4) is 0 Å². The number of guanidine groups is 1. The highest BCUT2D eigenvalue weighted by atomic mass is 127. The molecule has 1 saturated carbocycles. The number of nitrogens with one attached hydrogen (secondary N) is 1. The van der Waals surface area contributed by atoms with Gasteiger partial charge in [-0.2, -0.15) is 16.9 Å². The summed E-state index contributed by atoms with van der Waals surface area (Å²) in [5.74, 6) is 2.19. The summed E-state index contributed by atoms with van der Waals surface area (Å²) >= 11 is 2.05.